The first-order chi connectivity index (χ1) is 14.9. The van der Waals surface area contributed by atoms with Crippen LogP contribution in [0.3, 0.4) is 0 Å². The Morgan fingerprint density at radius 1 is 1.00 bits per heavy atom. The first kappa shape index (κ1) is 21.8. The number of carbonyl (C=O) groups excluding carboxylic acids is 1. The molecule has 1 aliphatic rings. The van der Waals surface area contributed by atoms with Crippen LogP contribution in [-0.2, 0) is 16.0 Å². The number of aryl methyl sites for hydroxylation is 1. The third kappa shape index (κ3) is 4.46. The summed E-state index contributed by atoms with van der Waals surface area (Å²) in [5.41, 5.74) is 3.65. The quantitative estimate of drug-likeness (QED) is 0.529. The van der Waals surface area contributed by atoms with Crippen molar-refractivity contribution in [1.29, 1.82) is 0 Å². The standard InChI is InChI=1S/C24H23FO5S/c1-13-2-3-15(24-23(29)22(28)21(27)19(12-26)30-24)10-16(13)11-18-8-9-20(31-18)14-4-6-17(25)7-5-14/h2-10,12,19,21-24,27-29H,11H2,1H3. The Morgan fingerprint density at radius 3 is 2.45 bits per heavy atom. The zero-order valence-corrected chi connectivity index (χ0v) is 17.6. The molecule has 0 radical (unpaired) electrons. The van der Waals surface area contributed by atoms with Gasteiger partial charge in [-0.15, -0.1) is 11.3 Å². The fourth-order valence-electron chi connectivity index (χ4n) is 3.78. The van der Waals surface area contributed by atoms with E-state index in [9.17, 15) is 24.5 Å². The molecule has 2 heterocycles. The summed E-state index contributed by atoms with van der Waals surface area (Å²) in [5.74, 6) is -0.269. The average Bonchev–Trinajstić information content (AvgIpc) is 3.23. The minimum atomic E-state index is -1.48. The monoisotopic (exact) mass is 442 g/mol. The number of rotatable bonds is 5. The number of thiophene rings is 1. The van der Waals surface area contributed by atoms with Gasteiger partial charge < -0.3 is 24.9 Å². The van der Waals surface area contributed by atoms with E-state index in [2.05, 4.69) is 0 Å². The van der Waals surface area contributed by atoms with Crippen LogP contribution < -0.4 is 0 Å². The lowest BCUT2D eigenvalue weighted by molar-refractivity contribution is -0.217. The summed E-state index contributed by atoms with van der Waals surface area (Å²) >= 11 is 1.62. The Morgan fingerprint density at radius 2 is 1.74 bits per heavy atom. The second-order valence-corrected chi connectivity index (χ2v) is 8.93. The number of aliphatic hydroxyl groups excluding tert-OH is 3. The van der Waals surface area contributed by atoms with Crippen LogP contribution in [0.2, 0.25) is 0 Å². The predicted octanol–water partition coefficient (Wildman–Crippen LogP) is 3.17. The maximum Gasteiger partial charge on any atom is 0.151 e. The summed E-state index contributed by atoms with van der Waals surface area (Å²) in [4.78, 5) is 13.4. The van der Waals surface area contributed by atoms with Crippen LogP contribution in [0.4, 0.5) is 4.39 Å². The number of aldehydes is 1. The van der Waals surface area contributed by atoms with Gasteiger partial charge in [0.15, 0.2) is 6.29 Å². The minimum absolute atomic E-state index is 0.269. The second kappa shape index (κ2) is 8.98. The third-order valence-electron chi connectivity index (χ3n) is 5.64. The maximum atomic E-state index is 13.2. The van der Waals surface area contributed by atoms with Gasteiger partial charge in [-0.2, -0.15) is 0 Å². The lowest BCUT2D eigenvalue weighted by Gasteiger charge is -2.39. The van der Waals surface area contributed by atoms with E-state index in [0.717, 1.165) is 26.4 Å². The highest BCUT2D eigenvalue weighted by Gasteiger charge is 2.44. The molecule has 3 aromatic rings. The summed E-state index contributed by atoms with van der Waals surface area (Å²) < 4.78 is 18.8. The molecule has 0 saturated carbocycles. The molecule has 0 aliphatic carbocycles. The summed E-state index contributed by atoms with van der Waals surface area (Å²) in [6.45, 7) is 1.98. The smallest absolute Gasteiger partial charge is 0.151 e. The molecule has 5 nitrogen and oxygen atoms in total. The summed E-state index contributed by atoms with van der Waals surface area (Å²) in [5, 5.41) is 30.4. The van der Waals surface area contributed by atoms with Crippen LogP contribution in [0.1, 0.15) is 27.7 Å². The number of benzene rings is 2. The Balaban J connectivity index is 1.57. The van der Waals surface area contributed by atoms with Crippen molar-refractivity contribution in [2.24, 2.45) is 0 Å². The number of carbonyl (C=O) groups is 1. The molecule has 162 valence electrons. The highest BCUT2D eigenvalue weighted by molar-refractivity contribution is 7.15. The molecule has 0 amide bonds. The van der Waals surface area contributed by atoms with E-state index in [1.165, 1.54) is 12.1 Å². The van der Waals surface area contributed by atoms with Gasteiger partial charge in [0, 0.05) is 16.2 Å². The van der Waals surface area contributed by atoms with Gasteiger partial charge in [0.1, 0.15) is 36.3 Å². The van der Waals surface area contributed by atoms with Crippen LogP contribution >= 0.6 is 11.3 Å². The first-order valence-electron chi connectivity index (χ1n) is 9.96. The van der Waals surface area contributed by atoms with Crippen LogP contribution in [0, 0.1) is 12.7 Å². The SMILES string of the molecule is Cc1ccc(C2OC(C=O)C(O)C(O)C2O)cc1Cc1ccc(-c2ccc(F)cc2)s1. The molecule has 7 heteroatoms. The van der Waals surface area contributed by atoms with Crippen molar-refractivity contribution >= 4 is 17.6 Å². The first-order valence-corrected chi connectivity index (χ1v) is 10.8. The lowest BCUT2D eigenvalue weighted by Crippen LogP contribution is -2.54. The van der Waals surface area contributed by atoms with Gasteiger partial charge in [0.2, 0.25) is 0 Å². The third-order valence-corrected chi connectivity index (χ3v) is 6.78. The van der Waals surface area contributed by atoms with E-state index in [1.54, 1.807) is 29.5 Å². The Kier molecular flexibility index (Phi) is 6.31. The molecule has 2 aromatic carbocycles. The van der Waals surface area contributed by atoms with E-state index in [0.29, 0.717) is 18.3 Å². The molecule has 31 heavy (non-hydrogen) atoms. The lowest BCUT2D eigenvalue weighted by atomic mass is 9.89. The van der Waals surface area contributed by atoms with Crippen LogP contribution in [-0.4, -0.2) is 46.0 Å². The number of aliphatic hydroxyl groups is 3. The molecule has 1 fully saturated rings. The Labute approximate surface area is 183 Å². The molecule has 4 rings (SSSR count). The zero-order valence-electron chi connectivity index (χ0n) is 16.8. The molecule has 5 atom stereocenters. The molecule has 1 aliphatic heterocycles. The van der Waals surface area contributed by atoms with Crippen molar-refractivity contribution < 1.29 is 29.2 Å². The van der Waals surface area contributed by atoms with E-state index < -0.39 is 30.5 Å². The summed E-state index contributed by atoms with van der Waals surface area (Å²) in [6.07, 6.45) is -5.34. The van der Waals surface area contributed by atoms with Gasteiger partial charge in [-0.05, 0) is 53.4 Å². The molecular weight excluding hydrogens is 419 g/mol. The number of ether oxygens (including phenoxy) is 1. The predicted molar refractivity (Wildman–Crippen MR) is 115 cm³/mol. The zero-order chi connectivity index (χ0) is 22.1. The van der Waals surface area contributed by atoms with Crippen LogP contribution in [0.25, 0.3) is 10.4 Å². The van der Waals surface area contributed by atoms with Crippen molar-refractivity contribution in [2.45, 2.75) is 43.9 Å². The van der Waals surface area contributed by atoms with Crippen molar-refractivity contribution in [3.63, 3.8) is 0 Å². The van der Waals surface area contributed by atoms with Gasteiger partial charge >= 0.3 is 0 Å². The van der Waals surface area contributed by atoms with E-state index in [-0.39, 0.29) is 5.82 Å². The van der Waals surface area contributed by atoms with Gasteiger partial charge in [-0.1, -0.05) is 30.3 Å². The molecule has 5 unspecified atom stereocenters. The molecule has 0 bridgehead atoms. The number of hydrogen-bond acceptors (Lipinski definition) is 6. The van der Waals surface area contributed by atoms with Gasteiger partial charge in [0.05, 0.1) is 0 Å². The van der Waals surface area contributed by atoms with Crippen molar-refractivity contribution in [3.05, 3.63) is 82.0 Å². The topological polar surface area (TPSA) is 87.0 Å². The largest absolute Gasteiger partial charge is 0.387 e. The van der Waals surface area contributed by atoms with Crippen molar-refractivity contribution in [3.8, 4) is 10.4 Å². The van der Waals surface area contributed by atoms with Crippen LogP contribution in [0.15, 0.2) is 54.6 Å². The fraction of sp³-hybridized carbons (Fsp3) is 0.292. The number of halogens is 1. The maximum absolute atomic E-state index is 13.2. The molecular formula is C24H23FO5S. The normalized spacial score (nSPS) is 26.0. The van der Waals surface area contributed by atoms with E-state index in [1.807, 2.05) is 31.2 Å². The highest BCUT2D eigenvalue weighted by atomic mass is 32.1. The van der Waals surface area contributed by atoms with Gasteiger partial charge in [-0.25, -0.2) is 4.39 Å². The summed E-state index contributed by atoms with van der Waals surface area (Å²) in [7, 11) is 0. The van der Waals surface area contributed by atoms with Crippen LogP contribution in [0.5, 0.6) is 0 Å². The minimum Gasteiger partial charge on any atom is -0.387 e. The summed E-state index contributed by atoms with van der Waals surface area (Å²) in [6, 6.07) is 16.0. The van der Waals surface area contributed by atoms with Crippen molar-refractivity contribution in [1.82, 2.24) is 0 Å². The average molecular weight is 443 g/mol. The Bertz CT molecular complexity index is 1060. The van der Waals surface area contributed by atoms with E-state index in [4.69, 9.17) is 4.74 Å². The number of hydrogen-bond donors (Lipinski definition) is 3. The highest BCUT2D eigenvalue weighted by Crippen LogP contribution is 2.34. The Hall–Kier alpha value is -2.42. The molecule has 3 N–H and O–H groups in total. The second-order valence-electron chi connectivity index (χ2n) is 7.76. The fourth-order valence-corrected chi connectivity index (χ4v) is 4.82. The van der Waals surface area contributed by atoms with E-state index >= 15 is 0 Å². The van der Waals surface area contributed by atoms with Gasteiger partial charge in [0.25, 0.3) is 0 Å². The molecule has 1 saturated heterocycles. The molecule has 1 aromatic heterocycles. The molecule has 0 spiro atoms. The van der Waals surface area contributed by atoms with Gasteiger partial charge in [-0.3, -0.25) is 0 Å². The van der Waals surface area contributed by atoms with Crippen molar-refractivity contribution in [2.75, 3.05) is 0 Å².